The van der Waals surface area contributed by atoms with E-state index in [4.69, 9.17) is 5.73 Å². The van der Waals surface area contributed by atoms with Crippen LogP contribution in [0.4, 0.5) is 0 Å². The lowest BCUT2D eigenvalue weighted by Crippen LogP contribution is -2.09. The molecule has 0 amide bonds. The van der Waals surface area contributed by atoms with E-state index in [1.165, 1.54) is 5.56 Å². The molecular weight excluding hydrogens is 376 g/mol. The first-order valence-corrected chi connectivity index (χ1v) is 7.90. The van der Waals surface area contributed by atoms with Crippen molar-refractivity contribution < 1.29 is 0 Å². The average molecular weight is 388 g/mol. The molecule has 2 N–H and O–H groups in total. The Labute approximate surface area is 128 Å². The largest absolute Gasteiger partial charge is 0.329 e. The lowest BCUT2D eigenvalue weighted by atomic mass is 10.1. The first-order chi connectivity index (χ1) is 8.70. The Morgan fingerprint density at radius 3 is 2.72 bits per heavy atom. The zero-order valence-corrected chi connectivity index (χ0v) is 13.5. The van der Waals surface area contributed by atoms with E-state index in [2.05, 4.69) is 49.0 Å². The third-order valence-corrected chi connectivity index (χ3v) is 5.11. The maximum Gasteiger partial charge on any atom is 0.111 e. The number of hydrogen-bond donors (Lipinski definition) is 1. The van der Waals surface area contributed by atoms with Gasteiger partial charge in [-0.3, -0.25) is 0 Å². The van der Waals surface area contributed by atoms with Crippen LogP contribution in [0.1, 0.15) is 10.8 Å². The molecule has 1 heterocycles. The molecule has 5 heteroatoms. The summed E-state index contributed by atoms with van der Waals surface area (Å²) in [4.78, 5) is 4.36. The lowest BCUT2D eigenvalue weighted by molar-refractivity contribution is 0.932. The molecule has 0 spiro atoms. The molecule has 0 aliphatic heterocycles. The number of halogens is 2. The van der Waals surface area contributed by atoms with Crippen molar-refractivity contribution in [2.24, 2.45) is 5.73 Å². The zero-order valence-electron chi connectivity index (χ0n) is 9.51. The normalized spacial score (nSPS) is 12.4. The molecule has 0 saturated heterocycles. The summed E-state index contributed by atoms with van der Waals surface area (Å²) in [5, 5.41) is 1.17. The molecule has 1 aromatic carbocycles. The Hall–Kier alpha value is -0.360. The third-order valence-electron chi connectivity index (χ3n) is 2.41. The number of aromatic nitrogens is 1. The van der Waals surface area contributed by atoms with Crippen LogP contribution in [0.3, 0.4) is 0 Å². The van der Waals surface area contributed by atoms with E-state index in [0.717, 1.165) is 14.0 Å². The van der Waals surface area contributed by atoms with Crippen LogP contribution in [-0.2, 0) is 0 Å². The Kier molecular flexibility index (Phi) is 5.24. The monoisotopic (exact) mass is 386 g/mol. The lowest BCUT2D eigenvalue weighted by Gasteiger charge is -2.15. The smallest absolute Gasteiger partial charge is 0.111 e. The third kappa shape index (κ3) is 3.57. The van der Waals surface area contributed by atoms with E-state index >= 15 is 0 Å². The van der Waals surface area contributed by atoms with Crippen LogP contribution in [-0.4, -0.2) is 11.5 Å². The van der Waals surface area contributed by atoms with Gasteiger partial charge < -0.3 is 5.73 Å². The van der Waals surface area contributed by atoms with Crippen LogP contribution in [0.15, 0.2) is 56.6 Å². The van der Waals surface area contributed by atoms with Gasteiger partial charge in [0.2, 0.25) is 0 Å². The van der Waals surface area contributed by atoms with Gasteiger partial charge >= 0.3 is 0 Å². The molecule has 2 rings (SSSR count). The number of nitrogens with zero attached hydrogens (tertiary/aromatic N) is 1. The molecule has 0 fully saturated rings. The quantitative estimate of drug-likeness (QED) is 0.790. The van der Waals surface area contributed by atoms with Gasteiger partial charge in [0.1, 0.15) is 5.03 Å². The van der Waals surface area contributed by atoms with E-state index in [1.54, 1.807) is 18.0 Å². The molecule has 0 aliphatic carbocycles. The van der Waals surface area contributed by atoms with Gasteiger partial charge in [-0.15, -0.1) is 0 Å². The highest BCUT2D eigenvalue weighted by Crippen LogP contribution is 2.37. The number of benzene rings is 1. The van der Waals surface area contributed by atoms with Crippen LogP contribution in [0.2, 0.25) is 0 Å². The van der Waals surface area contributed by atoms with Crippen molar-refractivity contribution in [2.45, 2.75) is 10.3 Å². The number of nitrogens with two attached hydrogens (primary N) is 1. The predicted octanol–water partition coefficient (Wildman–Crippen LogP) is 4.40. The minimum Gasteiger partial charge on any atom is -0.329 e. The van der Waals surface area contributed by atoms with E-state index < -0.39 is 0 Å². The Balaban J connectivity index is 2.23. The number of pyridine rings is 1. The average Bonchev–Trinajstić information content (AvgIpc) is 2.38. The van der Waals surface area contributed by atoms with Gasteiger partial charge in [0.05, 0.1) is 0 Å². The van der Waals surface area contributed by atoms with Gasteiger partial charge in [0.25, 0.3) is 0 Å². The molecule has 0 aliphatic rings. The fourth-order valence-electron chi connectivity index (χ4n) is 1.55. The van der Waals surface area contributed by atoms with Gasteiger partial charge in [0.15, 0.2) is 0 Å². The molecule has 2 aromatic rings. The van der Waals surface area contributed by atoms with E-state index in [-0.39, 0.29) is 5.25 Å². The fraction of sp³-hybridized carbons (Fsp3) is 0.154. The van der Waals surface area contributed by atoms with Crippen LogP contribution in [0.25, 0.3) is 0 Å². The van der Waals surface area contributed by atoms with Crippen molar-refractivity contribution in [1.82, 2.24) is 4.98 Å². The van der Waals surface area contributed by atoms with Crippen molar-refractivity contribution >= 4 is 43.6 Å². The second kappa shape index (κ2) is 6.70. The topological polar surface area (TPSA) is 38.9 Å². The number of hydrogen-bond acceptors (Lipinski definition) is 3. The minimum absolute atomic E-state index is 0.202. The van der Waals surface area contributed by atoms with Gasteiger partial charge in [-0.05, 0) is 45.8 Å². The molecule has 94 valence electrons. The summed E-state index contributed by atoms with van der Waals surface area (Å²) in [6.07, 6.45) is 1.79. The second-order valence-electron chi connectivity index (χ2n) is 3.69. The highest BCUT2D eigenvalue weighted by Gasteiger charge is 2.14. The Morgan fingerprint density at radius 1 is 1.22 bits per heavy atom. The first kappa shape index (κ1) is 14.1. The zero-order chi connectivity index (χ0) is 13.0. The van der Waals surface area contributed by atoms with Gasteiger partial charge in [-0.1, -0.05) is 39.8 Å². The fourth-order valence-corrected chi connectivity index (χ4v) is 3.45. The SMILES string of the molecule is NCC(Sc1ncccc1Br)c1cccc(Br)c1. The van der Waals surface area contributed by atoms with Gasteiger partial charge in [-0.25, -0.2) is 4.98 Å². The molecule has 1 unspecified atom stereocenters. The minimum atomic E-state index is 0.202. The second-order valence-corrected chi connectivity index (χ2v) is 6.65. The standard InChI is InChI=1S/C13H12Br2N2S/c14-10-4-1-3-9(7-10)12(8-16)18-13-11(15)5-2-6-17-13/h1-7,12H,8,16H2. The summed E-state index contributed by atoms with van der Waals surface area (Å²) >= 11 is 8.67. The predicted molar refractivity (Wildman–Crippen MR) is 83.7 cm³/mol. The molecule has 1 atom stereocenters. The van der Waals surface area contributed by atoms with Gasteiger partial charge in [-0.2, -0.15) is 0 Å². The first-order valence-electron chi connectivity index (χ1n) is 5.43. The van der Waals surface area contributed by atoms with Crippen molar-refractivity contribution in [3.63, 3.8) is 0 Å². The molecular formula is C13H12Br2N2S. The maximum absolute atomic E-state index is 5.87. The summed E-state index contributed by atoms with van der Waals surface area (Å²) in [5.74, 6) is 0. The molecule has 0 bridgehead atoms. The van der Waals surface area contributed by atoms with E-state index in [9.17, 15) is 0 Å². The van der Waals surface area contributed by atoms with Crippen LogP contribution >= 0.6 is 43.6 Å². The molecule has 2 nitrogen and oxygen atoms in total. The van der Waals surface area contributed by atoms with E-state index in [0.29, 0.717) is 6.54 Å². The molecule has 18 heavy (non-hydrogen) atoms. The van der Waals surface area contributed by atoms with Gasteiger partial charge in [0, 0.05) is 26.9 Å². The summed E-state index contributed by atoms with van der Waals surface area (Å²) in [6.45, 7) is 0.574. The highest BCUT2D eigenvalue weighted by molar-refractivity contribution is 9.10. The molecule has 0 radical (unpaired) electrons. The van der Waals surface area contributed by atoms with Crippen molar-refractivity contribution in [3.8, 4) is 0 Å². The highest BCUT2D eigenvalue weighted by atomic mass is 79.9. The maximum atomic E-state index is 5.87. The summed E-state index contributed by atoms with van der Waals surface area (Å²) in [5.41, 5.74) is 7.08. The summed E-state index contributed by atoms with van der Waals surface area (Å²) in [7, 11) is 0. The summed E-state index contributed by atoms with van der Waals surface area (Å²) in [6, 6.07) is 12.1. The Morgan fingerprint density at radius 2 is 2.06 bits per heavy atom. The van der Waals surface area contributed by atoms with Crippen molar-refractivity contribution in [2.75, 3.05) is 6.54 Å². The Bertz CT molecular complexity index is 534. The number of rotatable bonds is 4. The van der Waals surface area contributed by atoms with Crippen molar-refractivity contribution in [3.05, 3.63) is 57.1 Å². The van der Waals surface area contributed by atoms with Crippen LogP contribution in [0, 0.1) is 0 Å². The number of thioether (sulfide) groups is 1. The van der Waals surface area contributed by atoms with Crippen LogP contribution in [0.5, 0.6) is 0 Å². The van der Waals surface area contributed by atoms with Crippen LogP contribution < -0.4 is 5.73 Å². The van der Waals surface area contributed by atoms with E-state index in [1.807, 2.05) is 24.3 Å². The molecule has 0 saturated carbocycles. The summed E-state index contributed by atoms with van der Waals surface area (Å²) < 4.78 is 2.07. The van der Waals surface area contributed by atoms with Crippen molar-refractivity contribution in [1.29, 1.82) is 0 Å². The molecule has 1 aromatic heterocycles.